The summed E-state index contributed by atoms with van der Waals surface area (Å²) in [6.45, 7) is 8.26. The standard InChI is InChI=1S/C21H32O4/c1-5-11-12-6-7-13-20(4)9-8-15(22)19(2,3)14(20)10-16(23)21(13,17(11)24)18(12)25/h11-14,16,18,23,25H,5-10H2,1-4H3/t11-,12?,13?,14+,16+,18?,20-,21?/m0/s1. The maximum atomic E-state index is 13.5. The number of hydrogen-bond donors (Lipinski definition) is 2. The number of fused-ring (bicyclic) bond motifs is 3. The molecule has 0 aromatic heterocycles. The summed E-state index contributed by atoms with van der Waals surface area (Å²) in [4.78, 5) is 26.0. The van der Waals surface area contributed by atoms with Crippen molar-refractivity contribution in [2.75, 3.05) is 0 Å². The Hall–Kier alpha value is -0.740. The first kappa shape index (κ1) is 17.7. The Morgan fingerprint density at radius 2 is 1.76 bits per heavy atom. The van der Waals surface area contributed by atoms with E-state index in [1.165, 1.54) is 0 Å². The minimum absolute atomic E-state index is 0.00165. The second-order valence-corrected chi connectivity index (χ2v) is 10.0. The highest BCUT2D eigenvalue weighted by atomic mass is 16.3. The maximum Gasteiger partial charge on any atom is 0.147 e. The number of carbonyl (C=O) groups is 2. The van der Waals surface area contributed by atoms with Crippen LogP contribution in [0.25, 0.3) is 0 Å². The van der Waals surface area contributed by atoms with Crippen molar-refractivity contribution < 1.29 is 19.8 Å². The Balaban J connectivity index is 1.86. The molecule has 4 nitrogen and oxygen atoms in total. The van der Waals surface area contributed by atoms with Crippen molar-refractivity contribution in [2.24, 2.45) is 39.9 Å². The molecule has 0 aromatic carbocycles. The zero-order valence-electron chi connectivity index (χ0n) is 15.9. The van der Waals surface area contributed by atoms with Gasteiger partial charge < -0.3 is 10.2 Å². The van der Waals surface area contributed by atoms with E-state index in [1.807, 2.05) is 20.8 Å². The first-order valence-electron chi connectivity index (χ1n) is 10.1. The van der Waals surface area contributed by atoms with Crippen molar-refractivity contribution >= 4 is 11.6 Å². The molecule has 4 saturated carbocycles. The third-order valence-electron chi connectivity index (χ3n) is 9.06. The van der Waals surface area contributed by atoms with Crippen LogP contribution in [0.5, 0.6) is 0 Å². The summed E-state index contributed by atoms with van der Waals surface area (Å²) in [5.41, 5.74) is -1.63. The van der Waals surface area contributed by atoms with Gasteiger partial charge in [0.25, 0.3) is 0 Å². The van der Waals surface area contributed by atoms with E-state index < -0.39 is 23.0 Å². The van der Waals surface area contributed by atoms with E-state index in [4.69, 9.17) is 0 Å². The molecule has 4 aliphatic rings. The van der Waals surface area contributed by atoms with Gasteiger partial charge in [-0.3, -0.25) is 9.59 Å². The Morgan fingerprint density at radius 3 is 2.40 bits per heavy atom. The molecule has 2 bridgehead atoms. The summed E-state index contributed by atoms with van der Waals surface area (Å²) in [5.74, 6) is 0.323. The summed E-state index contributed by atoms with van der Waals surface area (Å²) in [7, 11) is 0. The zero-order chi connectivity index (χ0) is 18.4. The lowest BCUT2D eigenvalue weighted by Gasteiger charge is -2.64. The zero-order valence-corrected chi connectivity index (χ0v) is 15.9. The molecule has 4 heteroatoms. The van der Waals surface area contributed by atoms with Gasteiger partial charge in [-0.1, -0.05) is 27.7 Å². The van der Waals surface area contributed by atoms with Crippen LogP contribution < -0.4 is 0 Å². The number of ketones is 2. The Labute approximate surface area is 150 Å². The molecule has 25 heavy (non-hydrogen) atoms. The SMILES string of the molecule is CC[C@@H]1C(=O)C23C(O)C1CCC2[C@]1(C)CCC(=O)C(C)(C)[C@H]1C[C@H]3O. The van der Waals surface area contributed by atoms with Crippen LogP contribution in [-0.2, 0) is 9.59 Å². The van der Waals surface area contributed by atoms with Crippen LogP contribution in [0.2, 0.25) is 0 Å². The topological polar surface area (TPSA) is 74.6 Å². The monoisotopic (exact) mass is 348 g/mol. The van der Waals surface area contributed by atoms with Gasteiger partial charge in [0.15, 0.2) is 0 Å². The van der Waals surface area contributed by atoms with Gasteiger partial charge in [0.1, 0.15) is 11.6 Å². The van der Waals surface area contributed by atoms with Gasteiger partial charge in [-0.2, -0.15) is 0 Å². The Morgan fingerprint density at radius 1 is 1.08 bits per heavy atom. The van der Waals surface area contributed by atoms with Gasteiger partial charge >= 0.3 is 0 Å². The summed E-state index contributed by atoms with van der Waals surface area (Å²) in [6.07, 6.45) is 2.72. The second-order valence-electron chi connectivity index (χ2n) is 10.0. The fourth-order valence-corrected chi connectivity index (χ4v) is 7.82. The van der Waals surface area contributed by atoms with Crippen LogP contribution in [0.4, 0.5) is 0 Å². The van der Waals surface area contributed by atoms with Crippen LogP contribution in [0.1, 0.15) is 66.2 Å². The average molecular weight is 348 g/mol. The third kappa shape index (κ3) is 1.81. The van der Waals surface area contributed by atoms with E-state index in [0.717, 1.165) is 25.7 Å². The van der Waals surface area contributed by atoms with Crippen molar-refractivity contribution in [3.63, 3.8) is 0 Å². The average Bonchev–Trinajstić information content (AvgIpc) is 2.68. The molecule has 8 atom stereocenters. The Bertz CT molecular complexity index is 625. The van der Waals surface area contributed by atoms with Gasteiger partial charge in [-0.25, -0.2) is 0 Å². The predicted molar refractivity (Wildman–Crippen MR) is 93.7 cm³/mol. The third-order valence-corrected chi connectivity index (χ3v) is 9.06. The van der Waals surface area contributed by atoms with Crippen LogP contribution in [0, 0.1) is 39.9 Å². The molecule has 0 aliphatic heterocycles. The normalized spacial score (nSPS) is 54.2. The van der Waals surface area contributed by atoms with E-state index in [1.54, 1.807) is 0 Å². The lowest BCUT2D eigenvalue weighted by molar-refractivity contribution is -0.222. The van der Waals surface area contributed by atoms with Gasteiger partial charge in [0.2, 0.25) is 0 Å². The summed E-state index contributed by atoms with van der Waals surface area (Å²) >= 11 is 0. The van der Waals surface area contributed by atoms with E-state index in [2.05, 4.69) is 6.92 Å². The van der Waals surface area contributed by atoms with Crippen molar-refractivity contribution in [3.05, 3.63) is 0 Å². The van der Waals surface area contributed by atoms with Crippen molar-refractivity contribution in [1.82, 2.24) is 0 Å². The van der Waals surface area contributed by atoms with Crippen LogP contribution in [0.15, 0.2) is 0 Å². The number of rotatable bonds is 1. The minimum atomic E-state index is -0.995. The molecule has 0 aromatic rings. The fraction of sp³-hybridized carbons (Fsp3) is 0.905. The summed E-state index contributed by atoms with van der Waals surface area (Å²) in [5, 5.41) is 22.4. The van der Waals surface area contributed by atoms with Gasteiger partial charge in [0.05, 0.1) is 17.6 Å². The van der Waals surface area contributed by atoms with Crippen molar-refractivity contribution in [2.45, 2.75) is 78.4 Å². The van der Waals surface area contributed by atoms with Crippen molar-refractivity contribution in [1.29, 1.82) is 0 Å². The van der Waals surface area contributed by atoms with Crippen LogP contribution in [-0.4, -0.2) is 34.0 Å². The number of aliphatic hydroxyl groups excluding tert-OH is 2. The maximum absolute atomic E-state index is 13.5. The molecule has 0 heterocycles. The molecular formula is C21H32O4. The largest absolute Gasteiger partial charge is 0.392 e. The number of carbonyl (C=O) groups excluding carboxylic acids is 2. The molecule has 1 spiro atoms. The van der Waals surface area contributed by atoms with E-state index in [0.29, 0.717) is 12.8 Å². The van der Waals surface area contributed by atoms with Gasteiger partial charge in [-0.05, 0) is 55.3 Å². The summed E-state index contributed by atoms with van der Waals surface area (Å²) in [6, 6.07) is 0. The first-order valence-corrected chi connectivity index (χ1v) is 10.1. The van der Waals surface area contributed by atoms with E-state index in [-0.39, 0.29) is 40.7 Å². The lowest BCUT2D eigenvalue weighted by atomic mass is 9.39. The molecule has 140 valence electrons. The minimum Gasteiger partial charge on any atom is -0.392 e. The number of hydrogen-bond acceptors (Lipinski definition) is 4. The molecule has 2 N–H and O–H groups in total. The molecule has 0 amide bonds. The second kappa shape index (κ2) is 5.16. The highest BCUT2D eigenvalue weighted by Crippen LogP contribution is 2.70. The van der Waals surface area contributed by atoms with Gasteiger partial charge in [0, 0.05) is 17.8 Å². The van der Waals surface area contributed by atoms with Gasteiger partial charge in [-0.15, -0.1) is 0 Å². The smallest absolute Gasteiger partial charge is 0.147 e. The highest BCUT2D eigenvalue weighted by Gasteiger charge is 2.75. The summed E-state index contributed by atoms with van der Waals surface area (Å²) < 4.78 is 0. The number of Topliss-reactive ketones (excluding diaryl/α,β-unsaturated/α-hetero) is 2. The predicted octanol–water partition coefficient (Wildman–Crippen LogP) is 2.75. The quantitative estimate of drug-likeness (QED) is 0.764. The van der Waals surface area contributed by atoms with Crippen molar-refractivity contribution in [3.8, 4) is 0 Å². The molecular weight excluding hydrogens is 316 g/mol. The van der Waals surface area contributed by atoms with Crippen LogP contribution >= 0.6 is 0 Å². The first-order chi connectivity index (χ1) is 11.6. The molecule has 0 saturated heterocycles. The fourth-order valence-electron chi connectivity index (χ4n) is 7.82. The van der Waals surface area contributed by atoms with Crippen LogP contribution in [0.3, 0.4) is 0 Å². The van der Waals surface area contributed by atoms with E-state index >= 15 is 0 Å². The molecule has 4 fully saturated rings. The molecule has 4 rings (SSSR count). The highest BCUT2D eigenvalue weighted by molar-refractivity contribution is 5.93. The molecule has 4 aliphatic carbocycles. The molecule has 4 unspecified atom stereocenters. The lowest BCUT2D eigenvalue weighted by Crippen LogP contribution is -2.68. The van der Waals surface area contributed by atoms with E-state index in [9.17, 15) is 19.8 Å². The Kier molecular flexibility index (Phi) is 3.65. The molecule has 0 radical (unpaired) electrons. The number of aliphatic hydroxyl groups is 2.